The Bertz CT molecular complexity index is 372. The summed E-state index contributed by atoms with van der Waals surface area (Å²) in [5.41, 5.74) is 1.04. The van der Waals surface area contributed by atoms with Gasteiger partial charge in [-0.25, -0.2) is 0 Å². The number of aryl methyl sites for hydroxylation is 1. The van der Waals surface area contributed by atoms with E-state index in [9.17, 15) is 15.2 Å². The van der Waals surface area contributed by atoms with Crippen molar-refractivity contribution in [3.8, 4) is 0 Å². The molecule has 1 rings (SSSR count). The molecule has 0 aliphatic heterocycles. The lowest BCUT2D eigenvalue weighted by Gasteiger charge is -2.11. The van der Waals surface area contributed by atoms with Gasteiger partial charge in [-0.2, -0.15) is 0 Å². The fourth-order valence-corrected chi connectivity index (χ4v) is 2.11. The van der Waals surface area contributed by atoms with Gasteiger partial charge in [0.05, 0.1) is 0 Å². The van der Waals surface area contributed by atoms with Gasteiger partial charge in [-0.1, -0.05) is 23.2 Å². The molecule has 1 atom stereocenters. The van der Waals surface area contributed by atoms with E-state index in [0.717, 1.165) is 5.56 Å². The maximum absolute atomic E-state index is 10.2. The summed E-state index contributed by atoms with van der Waals surface area (Å²) in [6, 6.07) is 3.21. The molecule has 0 saturated carbocycles. The molecule has 0 aliphatic carbocycles. The molecule has 6 heteroatoms. The van der Waals surface area contributed by atoms with Gasteiger partial charge in [0.15, 0.2) is 0 Å². The fourth-order valence-electron chi connectivity index (χ4n) is 1.26. The van der Waals surface area contributed by atoms with Gasteiger partial charge in [-0.05, 0) is 24.6 Å². The molecular formula is C9H9Cl2NO3. The molecule has 1 unspecified atom stereocenters. The largest absolute Gasteiger partial charge is 0.381 e. The molecule has 0 aliphatic rings. The lowest BCUT2D eigenvalue weighted by molar-refractivity contribution is -0.491. The third-order valence-electron chi connectivity index (χ3n) is 1.88. The summed E-state index contributed by atoms with van der Waals surface area (Å²) in [6.07, 6.45) is -1.28. The predicted molar refractivity (Wildman–Crippen MR) is 58.0 cm³/mol. The minimum absolute atomic E-state index is 0.209. The van der Waals surface area contributed by atoms with Crippen LogP contribution in [0, 0.1) is 17.0 Å². The van der Waals surface area contributed by atoms with E-state index in [1.54, 1.807) is 19.1 Å². The van der Waals surface area contributed by atoms with Crippen molar-refractivity contribution < 1.29 is 10.0 Å². The number of nitro groups is 1. The summed E-state index contributed by atoms with van der Waals surface area (Å²) in [5, 5.41) is 20.3. The number of aliphatic hydroxyl groups is 1. The second-order valence-corrected chi connectivity index (χ2v) is 3.99. The summed E-state index contributed by atoms with van der Waals surface area (Å²) in [5.74, 6) is 0. The first kappa shape index (κ1) is 12.2. The van der Waals surface area contributed by atoms with Crippen LogP contribution in [0.25, 0.3) is 0 Å². The average Bonchev–Trinajstić information content (AvgIpc) is 1.99. The van der Waals surface area contributed by atoms with Crippen LogP contribution in [0.1, 0.15) is 17.2 Å². The Morgan fingerprint density at radius 2 is 1.93 bits per heavy atom. The van der Waals surface area contributed by atoms with Crippen molar-refractivity contribution >= 4 is 23.2 Å². The molecule has 0 saturated heterocycles. The number of aliphatic hydroxyl groups excluding tert-OH is 1. The third kappa shape index (κ3) is 3.06. The van der Waals surface area contributed by atoms with Crippen LogP contribution >= 0.6 is 23.2 Å². The van der Waals surface area contributed by atoms with Gasteiger partial charge < -0.3 is 5.11 Å². The molecule has 0 bridgehead atoms. The SMILES string of the molecule is Cc1cc(Cl)c(C(O)C[N+](=O)[O-])c(Cl)c1. The molecule has 0 radical (unpaired) electrons. The summed E-state index contributed by atoms with van der Waals surface area (Å²) in [6.45, 7) is 1.18. The zero-order valence-electron chi connectivity index (χ0n) is 7.91. The van der Waals surface area contributed by atoms with Gasteiger partial charge in [-0.15, -0.1) is 0 Å². The Hall–Kier alpha value is -0.840. The summed E-state index contributed by atoms with van der Waals surface area (Å²) in [4.78, 5) is 9.62. The highest BCUT2D eigenvalue weighted by atomic mass is 35.5. The van der Waals surface area contributed by atoms with Crippen LogP contribution in [0.2, 0.25) is 10.0 Å². The Morgan fingerprint density at radius 1 is 1.47 bits per heavy atom. The van der Waals surface area contributed by atoms with Crippen molar-refractivity contribution in [3.05, 3.63) is 43.4 Å². The average molecular weight is 250 g/mol. The lowest BCUT2D eigenvalue weighted by atomic mass is 10.1. The monoisotopic (exact) mass is 249 g/mol. The quantitative estimate of drug-likeness (QED) is 0.662. The molecule has 1 aromatic carbocycles. The first-order chi connectivity index (χ1) is 6.91. The molecule has 0 spiro atoms. The minimum atomic E-state index is -1.28. The van der Waals surface area contributed by atoms with Crippen LogP contribution in [-0.2, 0) is 0 Å². The Balaban J connectivity index is 3.08. The van der Waals surface area contributed by atoms with E-state index >= 15 is 0 Å². The standard InChI is InChI=1S/C9H9Cl2NO3/c1-5-2-6(10)9(7(11)3-5)8(13)4-12(14)15/h2-3,8,13H,4H2,1H3. The highest BCUT2D eigenvalue weighted by Gasteiger charge is 2.20. The molecular weight excluding hydrogens is 241 g/mol. The number of hydrogen-bond acceptors (Lipinski definition) is 3. The number of hydrogen-bond donors (Lipinski definition) is 1. The predicted octanol–water partition coefficient (Wildman–Crippen LogP) is 2.61. The highest BCUT2D eigenvalue weighted by molar-refractivity contribution is 6.36. The molecule has 15 heavy (non-hydrogen) atoms. The van der Waals surface area contributed by atoms with Gasteiger partial charge in [0.25, 0.3) is 0 Å². The van der Waals surface area contributed by atoms with Crippen LogP contribution in [0.15, 0.2) is 12.1 Å². The Labute approximate surface area is 96.6 Å². The topological polar surface area (TPSA) is 63.4 Å². The molecule has 0 amide bonds. The van der Waals surface area contributed by atoms with Gasteiger partial charge in [-0.3, -0.25) is 10.1 Å². The number of rotatable bonds is 3. The summed E-state index contributed by atoms with van der Waals surface area (Å²) < 4.78 is 0. The van der Waals surface area contributed by atoms with E-state index < -0.39 is 17.6 Å². The van der Waals surface area contributed by atoms with Gasteiger partial charge in [0.1, 0.15) is 6.10 Å². The van der Waals surface area contributed by atoms with E-state index in [2.05, 4.69) is 0 Å². The van der Waals surface area contributed by atoms with Crippen molar-refractivity contribution in [2.45, 2.75) is 13.0 Å². The highest BCUT2D eigenvalue weighted by Crippen LogP contribution is 2.31. The van der Waals surface area contributed by atoms with E-state index in [1.165, 1.54) is 0 Å². The van der Waals surface area contributed by atoms with Crippen LogP contribution < -0.4 is 0 Å². The zero-order valence-corrected chi connectivity index (χ0v) is 9.42. The van der Waals surface area contributed by atoms with Gasteiger partial charge in [0.2, 0.25) is 6.54 Å². The van der Waals surface area contributed by atoms with Crippen LogP contribution in [0.4, 0.5) is 0 Å². The van der Waals surface area contributed by atoms with Crippen molar-refractivity contribution in [1.82, 2.24) is 0 Å². The first-order valence-electron chi connectivity index (χ1n) is 4.17. The van der Waals surface area contributed by atoms with Crippen LogP contribution in [0.3, 0.4) is 0 Å². The molecule has 0 aromatic heterocycles. The number of benzene rings is 1. The zero-order chi connectivity index (χ0) is 11.6. The first-order valence-corrected chi connectivity index (χ1v) is 4.93. The van der Waals surface area contributed by atoms with E-state index in [-0.39, 0.29) is 15.6 Å². The Kier molecular flexibility index (Phi) is 3.90. The third-order valence-corrected chi connectivity index (χ3v) is 2.50. The molecule has 0 fully saturated rings. The second-order valence-electron chi connectivity index (χ2n) is 3.17. The number of halogens is 2. The van der Waals surface area contributed by atoms with E-state index in [4.69, 9.17) is 23.2 Å². The van der Waals surface area contributed by atoms with Crippen molar-refractivity contribution in [2.75, 3.05) is 6.54 Å². The van der Waals surface area contributed by atoms with Crippen molar-refractivity contribution in [1.29, 1.82) is 0 Å². The maximum Gasteiger partial charge on any atom is 0.233 e. The Morgan fingerprint density at radius 3 is 2.33 bits per heavy atom. The van der Waals surface area contributed by atoms with Gasteiger partial charge >= 0.3 is 0 Å². The van der Waals surface area contributed by atoms with E-state index in [0.29, 0.717) is 0 Å². The maximum atomic E-state index is 10.2. The fraction of sp³-hybridized carbons (Fsp3) is 0.333. The summed E-state index contributed by atoms with van der Waals surface area (Å²) >= 11 is 11.7. The van der Waals surface area contributed by atoms with Crippen molar-refractivity contribution in [2.24, 2.45) is 0 Å². The molecule has 82 valence electrons. The molecule has 0 heterocycles. The van der Waals surface area contributed by atoms with Crippen molar-refractivity contribution in [3.63, 3.8) is 0 Å². The summed E-state index contributed by atoms with van der Waals surface area (Å²) in [7, 11) is 0. The van der Waals surface area contributed by atoms with Crippen LogP contribution in [0.5, 0.6) is 0 Å². The smallest absolute Gasteiger partial charge is 0.233 e. The molecule has 4 nitrogen and oxygen atoms in total. The minimum Gasteiger partial charge on any atom is -0.381 e. The second kappa shape index (κ2) is 4.79. The normalized spacial score (nSPS) is 12.5. The molecule has 1 N–H and O–H groups in total. The number of nitrogens with zero attached hydrogens (tertiary/aromatic N) is 1. The van der Waals surface area contributed by atoms with E-state index in [1.807, 2.05) is 0 Å². The molecule has 1 aromatic rings. The van der Waals surface area contributed by atoms with Gasteiger partial charge in [0, 0.05) is 20.5 Å². The van der Waals surface area contributed by atoms with Crippen LogP contribution in [-0.4, -0.2) is 16.6 Å². The lowest BCUT2D eigenvalue weighted by Crippen LogP contribution is -2.12.